The summed E-state index contributed by atoms with van der Waals surface area (Å²) in [7, 11) is 0. The summed E-state index contributed by atoms with van der Waals surface area (Å²) in [5.74, 6) is -2.22. The molecule has 0 spiro atoms. The Morgan fingerprint density at radius 1 is 1.08 bits per heavy atom. The number of aromatic amines is 1. The van der Waals surface area contributed by atoms with Gasteiger partial charge in [0.1, 0.15) is 23.8 Å². The van der Waals surface area contributed by atoms with Crippen molar-refractivity contribution in [3.63, 3.8) is 0 Å². The summed E-state index contributed by atoms with van der Waals surface area (Å²) in [5.41, 5.74) is 0.509. The van der Waals surface area contributed by atoms with Crippen molar-refractivity contribution >= 4 is 16.9 Å². The number of nitrogens with one attached hydrogen (secondary N) is 1. The topological polar surface area (TPSA) is 82.9 Å². The average molecular weight is 512 g/mol. The SMILES string of the molecule is O=C(c1cccc(C(F)(F)F)c1F)N1CCC(N2C[C](n3cc(-c4ncnc5[nH]ccc45)cn3)C2)CC1. The van der Waals surface area contributed by atoms with Crippen molar-refractivity contribution < 1.29 is 22.4 Å². The molecule has 12 heteroatoms. The minimum atomic E-state index is -4.85. The number of halogens is 4. The van der Waals surface area contributed by atoms with Gasteiger partial charge in [-0.15, -0.1) is 0 Å². The van der Waals surface area contributed by atoms with E-state index in [-0.39, 0.29) is 6.04 Å². The van der Waals surface area contributed by atoms with E-state index in [9.17, 15) is 22.4 Å². The first-order valence-electron chi connectivity index (χ1n) is 11.9. The molecule has 2 aliphatic heterocycles. The highest BCUT2D eigenvalue weighted by molar-refractivity contribution is 5.95. The van der Waals surface area contributed by atoms with Crippen molar-refractivity contribution in [3.8, 4) is 11.3 Å². The maximum absolute atomic E-state index is 14.4. The minimum absolute atomic E-state index is 0.232. The van der Waals surface area contributed by atoms with Crippen LogP contribution >= 0.6 is 0 Å². The van der Waals surface area contributed by atoms with Crippen molar-refractivity contribution in [2.75, 3.05) is 26.2 Å². The highest BCUT2D eigenvalue weighted by atomic mass is 19.4. The summed E-state index contributed by atoms with van der Waals surface area (Å²) in [6.07, 6.45) is 3.54. The van der Waals surface area contributed by atoms with Crippen LogP contribution in [0.1, 0.15) is 28.8 Å². The second kappa shape index (κ2) is 8.94. The monoisotopic (exact) mass is 512 g/mol. The molecule has 1 radical (unpaired) electrons. The van der Waals surface area contributed by atoms with Crippen molar-refractivity contribution in [2.45, 2.75) is 25.1 Å². The van der Waals surface area contributed by atoms with Crippen molar-refractivity contribution in [3.05, 3.63) is 72.2 Å². The van der Waals surface area contributed by atoms with Gasteiger partial charge in [0.25, 0.3) is 5.91 Å². The van der Waals surface area contributed by atoms with Gasteiger partial charge >= 0.3 is 6.18 Å². The Labute approximate surface area is 208 Å². The van der Waals surface area contributed by atoms with Gasteiger partial charge in [-0.2, -0.15) is 18.3 Å². The number of benzene rings is 1. The number of piperidine rings is 1. The molecule has 37 heavy (non-hydrogen) atoms. The lowest BCUT2D eigenvalue weighted by Crippen LogP contribution is -2.56. The third kappa shape index (κ3) is 4.24. The number of alkyl halides is 3. The van der Waals surface area contributed by atoms with Crippen molar-refractivity contribution in [2.24, 2.45) is 0 Å². The summed E-state index contributed by atoms with van der Waals surface area (Å²) in [6.45, 7) is 2.17. The molecular formula is C25H22F4N7O. The van der Waals surface area contributed by atoms with Crippen LogP contribution in [0.25, 0.3) is 22.3 Å². The molecule has 0 atom stereocenters. The fraction of sp³-hybridized carbons (Fsp3) is 0.320. The van der Waals surface area contributed by atoms with Gasteiger partial charge in [-0.05, 0) is 31.0 Å². The lowest BCUT2D eigenvalue weighted by molar-refractivity contribution is -0.140. The summed E-state index contributed by atoms with van der Waals surface area (Å²) >= 11 is 0. The van der Waals surface area contributed by atoms with E-state index in [1.807, 2.05) is 23.1 Å². The molecule has 1 aromatic carbocycles. The van der Waals surface area contributed by atoms with Gasteiger partial charge in [0, 0.05) is 55.6 Å². The maximum Gasteiger partial charge on any atom is 0.419 e. The standard InChI is InChI=1S/C25H22F4N7O/c26-21-18(2-1-3-20(21)25(27,28)29)24(37)34-8-5-16(6-9-34)35-12-17(13-35)36-11-15(10-33-36)22-19-4-7-30-23(19)32-14-31-22/h1-4,7,10-11,14,16H,5-6,8-9,12-13H2,(H,30,31,32). The Morgan fingerprint density at radius 3 is 2.62 bits per heavy atom. The molecule has 4 aromatic rings. The number of aromatic nitrogens is 5. The zero-order valence-electron chi connectivity index (χ0n) is 19.5. The van der Waals surface area contributed by atoms with E-state index in [1.54, 1.807) is 6.20 Å². The molecule has 0 unspecified atom stereocenters. The first-order chi connectivity index (χ1) is 17.8. The molecule has 8 nitrogen and oxygen atoms in total. The van der Waals surface area contributed by atoms with E-state index in [0.717, 1.165) is 53.6 Å². The molecule has 1 N–H and O–H groups in total. The predicted octanol–water partition coefficient (Wildman–Crippen LogP) is 3.98. The van der Waals surface area contributed by atoms with E-state index < -0.39 is 29.0 Å². The molecule has 0 bridgehead atoms. The smallest absolute Gasteiger partial charge is 0.346 e. The number of H-pyrrole nitrogens is 1. The van der Waals surface area contributed by atoms with Gasteiger partial charge in [-0.3, -0.25) is 14.4 Å². The molecule has 2 saturated heterocycles. The van der Waals surface area contributed by atoms with E-state index in [2.05, 4.69) is 25.0 Å². The summed E-state index contributed by atoms with van der Waals surface area (Å²) in [5, 5.41) is 5.43. The van der Waals surface area contributed by atoms with Crippen LogP contribution in [-0.4, -0.2) is 72.7 Å². The van der Waals surface area contributed by atoms with Crippen LogP contribution in [0, 0.1) is 11.9 Å². The van der Waals surface area contributed by atoms with Gasteiger partial charge in [0.2, 0.25) is 0 Å². The molecule has 191 valence electrons. The fourth-order valence-corrected chi connectivity index (χ4v) is 5.07. The van der Waals surface area contributed by atoms with Crippen LogP contribution in [0.3, 0.4) is 0 Å². The highest BCUT2D eigenvalue weighted by Gasteiger charge is 2.39. The van der Waals surface area contributed by atoms with Crippen molar-refractivity contribution in [1.29, 1.82) is 0 Å². The van der Waals surface area contributed by atoms with Gasteiger partial charge in [-0.25, -0.2) is 14.4 Å². The lowest BCUT2D eigenvalue weighted by atomic mass is 9.97. The van der Waals surface area contributed by atoms with Gasteiger partial charge in [0.05, 0.1) is 23.0 Å². The summed E-state index contributed by atoms with van der Waals surface area (Å²) in [6, 6.07) is 6.11. The van der Waals surface area contributed by atoms with Gasteiger partial charge in [0.15, 0.2) is 0 Å². The van der Waals surface area contributed by atoms with Crippen molar-refractivity contribution in [1.82, 2.24) is 34.5 Å². The predicted molar refractivity (Wildman–Crippen MR) is 126 cm³/mol. The molecule has 0 aliphatic carbocycles. The summed E-state index contributed by atoms with van der Waals surface area (Å²) < 4.78 is 55.4. The second-order valence-corrected chi connectivity index (χ2v) is 9.30. The van der Waals surface area contributed by atoms with Crippen LogP contribution in [0.2, 0.25) is 0 Å². The molecule has 5 heterocycles. The molecule has 2 fully saturated rings. The largest absolute Gasteiger partial charge is 0.419 e. The second-order valence-electron chi connectivity index (χ2n) is 9.30. The number of hydrogen-bond donors (Lipinski definition) is 1. The Morgan fingerprint density at radius 2 is 1.86 bits per heavy atom. The lowest BCUT2D eigenvalue weighted by Gasteiger charge is -2.46. The third-order valence-electron chi connectivity index (χ3n) is 7.11. The van der Waals surface area contributed by atoms with Crippen LogP contribution in [0.15, 0.2) is 49.2 Å². The number of carbonyl (C=O) groups is 1. The van der Waals surface area contributed by atoms with E-state index >= 15 is 0 Å². The van der Waals surface area contributed by atoms with Crippen LogP contribution in [-0.2, 0) is 6.18 Å². The third-order valence-corrected chi connectivity index (χ3v) is 7.11. The van der Waals surface area contributed by atoms with E-state index in [4.69, 9.17) is 0 Å². The number of nitrogens with zero attached hydrogens (tertiary/aromatic N) is 6. The average Bonchev–Trinajstić information content (AvgIpc) is 3.52. The number of fused-ring (bicyclic) bond motifs is 1. The first-order valence-corrected chi connectivity index (χ1v) is 11.9. The zero-order valence-corrected chi connectivity index (χ0v) is 19.5. The number of hydrogen-bond acceptors (Lipinski definition) is 5. The summed E-state index contributed by atoms with van der Waals surface area (Å²) in [4.78, 5) is 28.2. The molecule has 1 amide bonds. The molecular weight excluding hydrogens is 490 g/mol. The number of rotatable bonds is 4. The number of amides is 1. The number of carbonyl (C=O) groups excluding carboxylic acids is 1. The molecule has 6 rings (SSSR count). The Bertz CT molecular complexity index is 1450. The minimum Gasteiger partial charge on any atom is -0.346 e. The van der Waals surface area contributed by atoms with Crippen LogP contribution in [0.4, 0.5) is 17.6 Å². The van der Waals surface area contributed by atoms with E-state index in [1.165, 1.54) is 11.2 Å². The number of likely N-dealkylation sites (tertiary alicyclic amines) is 2. The van der Waals surface area contributed by atoms with Crippen LogP contribution in [0.5, 0.6) is 0 Å². The fourth-order valence-electron chi connectivity index (χ4n) is 5.07. The highest BCUT2D eigenvalue weighted by Crippen LogP contribution is 2.34. The van der Waals surface area contributed by atoms with E-state index in [0.29, 0.717) is 32.0 Å². The first kappa shape index (κ1) is 23.6. The Hall–Kier alpha value is -3.80. The van der Waals surface area contributed by atoms with Gasteiger partial charge in [-0.1, -0.05) is 6.07 Å². The molecule has 3 aromatic heterocycles. The Kier molecular flexibility index (Phi) is 5.70. The van der Waals surface area contributed by atoms with Gasteiger partial charge < -0.3 is 9.88 Å². The van der Waals surface area contributed by atoms with Crippen LogP contribution < -0.4 is 0 Å². The Balaban J connectivity index is 1.05. The normalized spacial score (nSPS) is 17.9. The zero-order chi connectivity index (χ0) is 25.7. The molecule has 2 aliphatic rings. The maximum atomic E-state index is 14.4. The quantitative estimate of drug-likeness (QED) is 0.419. The molecule has 0 saturated carbocycles.